The molecule has 0 aliphatic rings. The van der Waals surface area contributed by atoms with Crippen LogP contribution in [0.4, 0.5) is 5.82 Å². The van der Waals surface area contributed by atoms with Crippen molar-refractivity contribution in [2.24, 2.45) is 5.10 Å². The summed E-state index contributed by atoms with van der Waals surface area (Å²) in [5, 5.41) is 14.9. The molecule has 0 amide bonds. The molecule has 0 unspecified atom stereocenters. The second-order valence-corrected chi connectivity index (χ2v) is 4.77. The number of anilines is 1. The van der Waals surface area contributed by atoms with Crippen LogP contribution in [-0.2, 0) is 0 Å². The minimum Gasteiger partial charge on any atom is -0.507 e. The van der Waals surface area contributed by atoms with Crippen molar-refractivity contribution in [3.63, 3.8) is 0 Å². The normalized spacial score (nSPS) is 11.1. The third kappa shape index (κ3) is 2.84. The minimum absolute atomic E-state index is 0.200. The van der Waals surface area contributed by atoms with Gasteiger partial charge in [0, 0.05) is 10.9 Å². The molecule has 1 aromatic heterocycles. The molecule has 0 radical (unpaired) electrons. The van der Waals surface area contributed by atoms with Gasteiger partial charge < -0.3 is 5.11 Å². The Morgan fingerprint density at radius 1 is 1.10 bits per heavy atom. The number of rotatable bonds is 3. The van der Waals surface area contributed by atoms with Crippen LogP contribution in [0, 0.1) is 6.92 Å². The Balaban J connectivity index is 1.84. The van der Waals surface area contributed by atoms with E-state index in [1.165, 1.54) is 0 Å². The number of aryl methyl sites for hydroxylation is 1. The number of aromatic nitrogens is 1. The summed E-state index contributed by atoms with van der Waals surface area (Å²) in [7, 11) is 0. The topological polar surface area (TPSA) is 57.5 Å². The summed E-state index contributed by atoms with van der Waals surface area (Å²) in [6.07, 6.45) is 1.57. The highest BCUT2D eigenvalue weighted by molar-refractivity contribution is 5.85. The number of hydrazone groups is 1. The first-order chi connectivity index (χ1) is 10.2. The zero-order valence-corrected chi connectivity index (χ0v) is 11.6. The summed E-state index contributed by atoms with van der Waals surface area (Å²) < 4.78 is 0. The van der Waals surface area contributed by atoms with E-state index in [1.54, 1.807) is 24.4 Å². The molecule has 0 saturated heterocycles. The Kier molecular flexibility index (Phi) is 3.51. The lowest BCUT2D eigenvalue weighted by atomic mass is 10.1. The molecule has 2 aromatic carbocycles. The number of aromatic hydroxyl groups is 1. The van der Waals surface area contributed by atoms with Crippen LogP contribution in [0.5, 0.6) is 5.75 Å². The van der Waals surface area contributed by atoms with Crippen LogP contribution < -0.4 is 5.43 Å². The molecule has 3 rings (SSSR count). The lowest BCUT2D eigenvalue weighted by Gasteiger charge is -2.05. The first-order valence-corrected chi connectivity index (χ1v) is 6.67. The van der Waals surface area contributed by atoms with E-state index in [4.69, 9.17) is 0 Å². The van der Waals surface area contributed by atoms with Gasteiger partial charge in [-0.15, -0.1) is 0 Å². The fraction of sp³-hybridized carbons (Fsp3) is 0.0588. The number of phenols is 1. The third-order valence-corrected chi connectivity index (χ3v) is 3.24. The van der Waals surface area contributed by atoms with Crippen LogP contribution in [0.15, 0.2) is 59.7 Å². The standard InChI is InChI=1S/C17H15N3O/c1-12-10-17(19-15-8-4-3-7-14(12)15)20-18-11-13-6-2-5-9-16(13)21/h2-11,21H,1H3,(H,19,20). The van der Waals surface area contributed by atoms with Crippen molar-refractivity contribution >= 4 is 22.9 Å². The molecule has 4 nitrogen and oxygen atoms in total. The van der Waals surface area contributed by atoms with E-state index in [9.17, 15) is 5.11 Å². The van der Waals surface area contributed by atoms with Gasteiger partial charge in [-0.3, -0.25) is 5.43 Å². The highest BCUT2D eigenvalue weighted by Crippen LogP contribution is 2.19. The van der Waals surface area contributed by atoms with Crippen LogP contribution in [0.2, 0.25) is 0 Å². The van der Waals surface area contributed by atoms with E-state index in [2.05, 4.69) is 15.5 Å². The molecule has 0 atom stereocenters. The summed E-state index contributed by atoms with van der Waals surface area (Å²) in [6.45, 7) is 2.04. The quantitative estimate of drug-likeness (QED) is 0.567. The highest BCUT2D eigenvalue weighted by atomic mass is 16.3. The van der Waals surface area contributed by atoms with E-state index >= 15 is 0 Å². The molecular formula is C17H15N3O. The van der Waals surface area contributed by atoms with E-state index in [-0.39, 0.29) is 5.75 Å². The molecule has 0 saturated carbocycles. The summed E-state index contributed by atoms with van der Waals surface area (Å²) in [6, 6.07) is 17.0. The minimum atomic E-state index is 0.200. The number of hydrogen-bond acceptors (Lipinski definition) is 4. The SMILES string of the molecule is Cc1cc(NN=Cc2ccccc2O)nc2ccccc12. The molecule has 0 fully saturated rings. The lowest BCUT2D eigenvalue weighted by Crippen LogP contribution is -1.95. The average Bonchev–Trinajstić information content (AvgIpc) is 2.49. The molecular weight excluding hydrogens is 262 g/mol. The number of para-hydroxylation sites is 2. The predicted octanol–water partition coefficient (Wildman–Crippen LogP) is 3.69. The van der Waals surface area contributed by atoms with Crippen molar-refractivity contribution in [3.05, 3.63) is 65.7 Å². The smallest absolute Gasteiger partial charge is 0.147 e. The van der Waals surface area contributed by atoms with Gasteiger partial charge in [-0.25, -0.2) is 4.98 Å². The van der Waals surface area contributed by atoms with Crippen molar-refractivity contribution in [2.75, 3.05) is 5.43 Å². The van der Waals surface area contributed by atoms with Gasteiger partial charge in [0.05, 0.1) is 11.7 Å². The number of fused-ring (bicyclic) bond motifs is 1. The summed E-state index contributed by atoms with van der Waals surface area (Å²) >= 11 is 0. The van der Waals surface area contributed by atoms with Crippen LogP contribution in [0.25, 0.3) is 10.9 Å². The van der Waals surface area contributed by atoms with Gasteiger partial charge in [-0.2, -0.15) is 5.10 Å². The van der Waals surface area contributed by atoms with Crippen molar-refractivity contribution in [2.45, 2.75) is 6.92 Å². The second kappa shape index (κ2) is 5.63. The van der Waals surface area contributed by atoms with E-state index < -0.39 is 0 Å². The van der Waals surface area contributed by atoms with Gasteiger partial charge in [-0.05, 0) is 36.8 Å². The van der Waals surface area contributed by atoms with E-state index in [0.29, 0.717) is 11.4 Å². The maximum atomic E-state index is 9.66. The molecule has 1 heterocycles. The van der Waals surface area contributed by atoms with Crippen molar-refractivity contribution in [3.8, 4) is 5.75 Å². The fourth-order valence-electron chi connectivity index (χ4n) is 2.17. The van der Waals surface area contributed by atoms with Crippen molar-refractivity contribution < 1.29 is 5.11 Å². The summed E-state index contributed by atoms with van der Waals surface area (Å²) in [5.41, 5.74) is 5.62. The van der Waals surface area contributed by atoms with E-state index in [0.717, 1.165) is 16.5 Å². The first kappa shape index (κ1) is 13.1. The van der Waals surface area contributed by atoms with E-state index in [1.807, 2.05) is 43.3 Å². The largest absolute Gasteiger partial charge is 0.507 e. The maximum absolute atomic E-state index is 9.66. The number of nitrogens with zero attached hydrogens (tertiary/aromatic N) is 2. The van der Waals surface area contributed by atoms with Crippen LogP contribution in [-0.4, -0.2) is 16.3 Å². The Hall–Kier alpha value is -2.88. The molecule has 0 aliphatic heterocycles. The van der Waals surface area contributed by atoms with Crippen LogP contribution in [0.3, 0.4) is 0 Å². The number of phenolic OH excluding ortho intramolecular Hbond substituents is 1. The summed E-state index contributed by atoms with van der Waals surface area (Å²) in [5.74, 6) is 0.878. The Morgan fingerprint density at radius 3 is 2.71 bits per heavy atom. The Morgan fingerprint density at radius 2 is 1.86 bits per heavy atom. The Bertz CT molecular complexity index is 812. The van der Waals surface area contributed by atoms with Crippen LogP contribution in [0.1, 0.15) is 11.1 Å². The molecule has 3 aromatic rings. The fourth-order valence-corrected chi connectivity index (χ4v) is 2.17. The van der Waals surface area contributed by atoms with Gasteiger partial charge in [0.25, 0.3) is 0 Å². The molecule has 0 spiro atoms. The first-order valence-electron chi connectivity index (χ1n) is 6.67. The molecule has 21 heavy (non-hydrogen) atoms. The van der Waals surface area contributed by atoms with Crippen molar-refractivity contribution in [1.29, 1.82) is 0 Å². The molecule has 0 bridgehead atoms. The van der Waals surface area contributed by atoms with Gasteiger partial charge in [0.1, 0.15) is 11.6 Å². The van der Waals surface area contributed by atoms with Crippen molar-refractivity contribution in [1.82, 2.24) is 4.98 Å². The van der Waals surface area contributed by atoms with Gasteiger partial charge in [0.2, 0.25) is 0 Å². The highest BCUT2D eigenvalue weighted by Gasteiger charge is 2.01. The van der Waals surface area contributed by atoms with Crippen LogP contribution >= 0.6 is 0 Å². The van der Waals surface area contributed by atoms with Gasteiger partial charge in [0.15, 0.2) is 0 Å². The van der Waals surface area contributed by atoms with Gasteiger partial charge >= 0.3 is 0 Å². The Labute approximate surface area is 122 Å². The number of hydrogen-bond donors (Lipinski definition) is 2. The monoisotopic (exact) mass is 277 g/mol. The number of nitrogens with one attached hydrogen (secondary N) is 1. The maximum Gasteiger partial charge on any atom is 0.147 e. The molecule has 4 heteroatoms. The lowest BCUT2D eigenvalue weighted by molar-refractivity contribution is 0.474. The van der Waals surface area contributed by atoms with Gasteiger partial charge in [-0.1, -0.05) is 30.3 Å². The molecule has 104 valence electrons. The molecule has 0 aliphatic carbocycles. The zero-order valence-electron chi connectivity index (χ0n) is 11.6. The number of pyridine rings is 1. The second-order valence-electron chi connectivity index (χ2n) is 4.77. The molecule has 2 N–H and O–H groups in total. The zero-order chi connectivity index (χ0) is 14.7. The number of benzene rings is 2. The predicted molar refractivity (Wildman–Crippen MR) is 85.8 cm³/mol. The average molecular weight is 277 g/mol. The summed E-state index contributed by atoms with van der Waals surface area (Å²) in [4.78, 5) is 4.50. The third-order valence-electron chi connectivity index (χ3n) is 3.24.